The van der Waals surface area contributed by atoms with Gasteiger partial charge in [0.2, 0.25) is 0 Å². The number of hydrogen-bond donors (Lipinski definition) is 0. The molecule has 1 aromatic heterocycles. The zero-order chi connectivity index (χ0) is 19.7. The van der Waals surface area contributed by atoms with Crippen LogP contribution < -0.4 is 4.74 Å². The quantitative estimate of drug-likeness (QED) is 0.811. The highest BCUT2D eigenvalue weighted by atomic mass is 19.1. The van der Waals surface area contributed by atoms with E-state index in [1.165, 1.54) is 29.8 Å². The molecule has 0 aliphatic carbocycles. The summed E-state index contributed by atoms with van der Waals surface area (Å²) in [6.07, 6.45) is 3.94. The van der Waals surface area contributed by atoms with E-state index in [-0.39, 0.29) is 17.8 Å². The van der Waals surface area contributed by atoms with Gasteiger partial charge in [-0.15, -0.1) is 0 Å². The predicted octanol–water partition coefficient (Wildman–Crippen LogP) is 2.73. The van der Waals surface area contributed by atoms with E-state index in [2.05, 4.69) is 16.9 Å². The number of nitrogens with zero attached hydrogens (tertiary/aromatic N) is 4. The lowest BCUT2D eigenvalue weighted by molar-refractivity contribution is -0.139. The second-order valence-corrected chi connectivity index (χ2v) is 7.59. The van der Waals surface area contributed by atoms with Crippen molar-refractivity contribution in [1.29, 1.82) is 0 Å². The van der Waals surface area contributed by atoms with Crippen molar-refractivity contribution in [3.05, 3.63) is 53.4 Å². The van der Waals surface area contributed by atoms with Crippen LogP contribution in [0, 0.1) is 5.82 Å². The molecule has 6 nitrogen and oxygen atoms in total. The molecule has 28 heavy (non-hydrogen) atoms. The molecule has 1 amide bonds. The lowest BCUT2D eigenvalue weighted by atomic mass is 10.1. The summed E-state index contributed by atoms with van der Waals surface area (Å²) in [7, 11) is 2.09. The summed E-state index contributed by atoms with van der Waals surface area (Å²) < 4.78 is 18.8. The van der Waals surface area contributed by atoms with Gasteiger partial charge in [-0.2, -0.15) is 0 Å². The molecule has 1 aromatic carbocycles. The van der Waals surface area contributed by atoms with Gasteiger partial charge < -0.3 is 14.5 Å². The SMILES string of the molecule is C[C@@H](Oc1ccc(F)cc1)C(=O)N1CCC[C@@H]1c1ncc2c(n1)CCN(C)C2. The largest absolute Gasteiger partial charge is 0.481 e. The Bertz CT molecular complexity index is 858. The number of amides is 1. The van der Waals surface area contributed by atoms with Crippen LogP contribution in [0.3, 0.4) is 0 Å². The summed E-state index contributed by atoms with van der Waals surface area (Å²) in [4.78, 5) is 26.5. The molecule has 2 aliphatic rings. The van der Waals surface area contributed by atoms with Gasteiger partial charge in [-0.25, -0.2) is 14.4 Å². The Morgan fingerprint density at radius 1 is 1.29 bits per heavy atom. The molecule has 7 heteroatoms. The van der Waals surface area contributed by atoms with Crippen LogP contribution in [0.4, 0.5) is 4.39 Å². The van der Waals surface area contributed by atoms with Crippen LogP contribution in [0.1, 0.15) is 42.9 Å². The molecule has 0 spiro atoms. The van der Waals surface area contributed by atoms with Crippen molar-refractivity contribution in [2.75, 3.05) is 20.1 Å². The second kappa shape index (κ2) is 7.83. The highest BCUT2D eigenvalue weighted by molar-refractivity contribution is 5.81. The highest BCUT2D eigenvalue weighted by Gasteiger charge is 2.35. The van der Waals surface area contributed by atoms with Gasteiger partial charge in [0.1, 0.15) is 11.6 Å². The summed E-state index contributed by atoms with van der Waals surface area (Å²) in [6.45, 7) is 4.25. The van der Waals surface area contributed by atoms with Crippen molar-refractivity contribution in [3.63, 3.8) is 0 Å². The second-order valence-electron chi connectivity index (χ2n) is 7.59. The van der Waals surface area contributed by atoms with E-state index >= 15 is 0 Å². The van der Waals surface area contributed by atoms with Gasteiger partial charge in [0.05, 0.1) is 6.04 Å². The van der Waals surface area contributed by atoms with Crippen molar-refractivity contribution in [2.45, 2.75) is 44.9 Å². The van der Waals surface area contributed by atoms with Crippen molar-refractivity contribution in [2.24, 2.45) is 0 Å². The van der Waals surface area contributed by atoms with Gasteiger partial charge in [-0.1, -0.05) is 0 Å². The smallest absolute Gasteiger partial charge is 0.263 e. The molecule has 148 valence electrons. The summed E-state index contributed by atoms with van der Waals surface area (Å²) >= 11 is 0. The molecular formula is C21H25FN4O2. The lowest BCUT2D eigenvalue weighted by Crippen LogP contribution is -2.40. The number of benzene rings is 1. The predicted molar refractivity (Wildman–Crippen MR) is 102 cm³/mol. The number of carbonyl (C=O) groups is 1. The average Bonchev–Trinajstić information content (AvgIpc) is 3.18. The molecule has 0 bridgehead atoms. The molecule has 1 fully saturated rings. The third-order valence-corrected chi connectivity index (χ3v) is 5.45. The number of rotatable bonds is 4. The number of aromatic nitrogens is 2. The third kappa shape index (κ3) is 3.85. The minimum atomic E-state index is -0.655. The Kier molecular flexibility index (Phi) is 5.26. The van der Waals surface area contributed by atoms with Gasteiger partial charge in [0.15, 0.2) is 11.9 Å². The fraction of sp³-hybridized carbons (Fsp3) is 0.476. The highest BCUT2D eigenvalue weighted by Crippen LogP contribution is 2.31. The number of fused-ring (bicyclic) bond motifs is 1. The minimum Gasteiger partial charge on any atom is -0.481 e. The fourth-order valence-electron chi connectivity index (χ4n) is 3.93. The first-order valence-electron chi connectivity index (χ1n) is 9.77. The zero-order valence-electron chi connectivity index (χ0n) is 16.3. The van der Waals surface area contributed by atoms with Crippen LogP contribution in [0.5, 0.6) is 5.75 Å². The Hall–Kier alpha value is -2.54. The van der Waals surface area contributed by atoms with Gasteiger partial charge in [0, 0.05) is 43.5 Å². The van der Waals surface area contributed by atoms with Crippen LogP contribution >= 0.6 is 0 Å². The van der Waals surface area contributed by atoms with Gasteiger partial charge in [0.25, 0.3) is 5.91 Å². The maximum atomic E-state index is 13.1. The Labute approximate surface area is 164 Å². The van der Waals surface area contributed by atoms with Crippen LogP contribution in [-0.4, -0.2) is 51.9 Å². The van der Waals surface area contributed by atoms with E-state index in [1.807, 2.05) is 11.1 Å². The maximum absolute atomic E-state index is 13.1. The molecule has 0 saturated carbocycles. The number of halogens is 1. The molecule has 0 radical (unpaired) electrons. The number of carbonyl (C=O) groups excluding carboxylic acids is 1. The van der Waals surface area contributed by atoms with Gasteiger partial charge in [-0.3, -0.25) is 4.79 Å². The Balaban J connectivity index is 1.48. The Morgan fingerprint density at radius 2 is 2.07 bits per heavy atom. The topological polar surface area (TPSA) is 58.6 Å². The van der Waals surface area contributed by atoms with E-state index < -0.39 is 6.10 Å². The molecule has 2 atom stereocenters. The molecule has 2 aromatic rings. The monoisotopic (exact) mass is 384 g/mol. The van der Waals surface area contributed by atoms with Crippen LogP contribution in [0.25, 0.3) is 0 Å². The fourth-order valence-corrected chi connectivity index (χ4v) is 3.93. The first kappa shape index (κ1) is 18.8. The van der Waals surface area contributed by atoms with Crippen molar-refractivity contribution in [1.82, 2.24) is 19.8 Å². The van der Waals surface area contributed by atoms with E-state index in [1.54, 1.807) is 6.92 Å². The molecule has 3 heterocycles. The first-order chi connectivity index (χ1) is 13.5. The standard InChI is InChI=1S/C21H25FN4O2/c1-14(28-17-7-5-16(22)6-8-17)21(27)26-10-3-4-19(26)20-23-12-15-13-25(2)11-9-18(15)24-20/h5-8,12,14,19H,3-4,9-11,13H2,1-2H3/t14-,19-/m1/s1. The minimum absolute atomic E-state index is 0.0899. The molecule has 2 aliphatic heterocycles. The van der Waals surface area contributed by atoms with Gasteiger partial charge in [-0.05, 0) is 51.1 Å². The van der Waals surface area contributed by atoms with E-state index in [0.29, 0.717) is 12.3 Å². The maximum Gasteiger partial charge on any atom is 0.263 e. The normalized spacial score (nSPS) is 20.7. The summed E-state index contributed by atoms with van der Waals surface area (Å²) in [5, 5.41) is 0. The third-order valence-electron chi connectivity index (χ3n) is 5.45. The zero-order valence-corrected chi connectivity index (χ0v) is 16.3. The first-order valence-corrected chi connectivity index (χ1v) is 9.77. The molecule has 0 N–H and O–H groups in total. The van der Waals surface area contributed by atoms with Crippen molar-refractivity contribution >= 4 is 5.91 Å². The molecular weight excluding hydrogens is 359 g/mol. The number of likely N-dealkylation sites (tertiary alicyclic amines) is 1. The Morgan fingerprint density at radius 3 is 2.86 bits per heavy atom. The van der Waals surface area contributed by atoms with Crippen molar-refractivity contribution < 1.29 is 13.9 Å². The van der Waals surface area contributed by atoms with Crippen LogP contribution in [0.2, 0.25) is 0 Å². The molecule has 1 saturated heterocycles. The van der Waals surface area contributed by atoms with E-state index in [4.69, 9.17) is 9.72 Å². The molecule has 4 rings (SSSR count). The molecule has 0 unspecified atom stereocenters. The summed E-state index contributed by atoms with van der Waals surface area (Å²) in [6, 6.07) is 5.60. The van der Waals surface area contributed by atoms with Crippen molar-refractivity contribution in [3.8, 4) is 5.75 Å². The number of ether oxygens (including phenoxy) is 1. The average molecular weight is 384 g/mol. The number of hydrogen-bond acceptors (Lipinski definition) is 5. The van der Waals surface area contributed by atoms with Crippen LogP contribution in [-0.2, 0) is 17.8 Å². The van der Waals surface area contributed by atoms with Gasteiger partial charge >= 0.3 is 0 Å². The summed E-state index contributed by atoms with van der Waals surface area (Å²) in [5.41, 5.74) is 2.26. The number of likely N-dealkylation sites (N-methyl/N-ethyl adjacent to an activating group) is 1. The van der Waals surface area contributed by atoms with E-state index in [9.17, 15) is 9.18 Å². The lowest BCUT2D eigenvalue weighted by Gasteiger charge is -2.28. The summed E-state index contributed by atoms with van der Waals surface area (Å²) in [5.74, 6) is 0.782. The van der Waals surface area contributed by atoms with E-state index in [0.717, 1.165) is 43.9 Å². The van der Waals surface area contributed by atoms with Crippen LogP contribution in [0.15, 0.2) is 30.5 Å².